The van der Waals surface area contributed by atoms with Crippen LogP contribution >= 0.6 is 0 Å². The summed E-state index contributed by atoms with van der Waals surface area (Å²) in [5.41, 5.74) is 2.59. The summed E-state index contributed by atoms with van der Waals surface area (Å²) in [6.45, 7) is 9.88. The Labute approximate surface area is 261 Å². The van der Waals surface area contributed by atoms with Crippen molar-refractivity contribution in [2.45, 2.75) is 111 Å². The van der Waals surface area contributed by atoms with Crippen LogP contribution in [0.4, 0.5) is 4.39 Å². The maximum atomic E-state index is 15.0. The van der Waals surface area contributed by atoms with Gasteiger partial charge < -0.3 is 23.9 Å². The van der Waals surface area contributed by atoms with E-state index in [0.29, 0.717) is 52.8 Å². The lowest BCUT2D eigenvalue weighted by molar-refractivity contribution is 0.0687. The number of unbranched alkanes of at least 4 members (excludes halogenated alkanes) is 8. The van der Waals surface area contributed by atoms with E-state index in [4.69, 9.17) is 14.2 Å². The van der Waals surface area contributed by atoms with Crippen molar-refractivity contribution < 1.29 is 28.5 Å². The average molecular weight is 612 g/mol. The van der Waals surface area contributed by atoms with E-state index in [1.165, 1.54) is 76.9 Å². The Balaban J connectivity index is 1.39. The van der Waals surface area contributed by atoms with E-state index in [1.807, 2.05) is 0 Å². The summed E-state index contributed by atoms with van der Waals surface area (Å²) in [5, 5.41) is 10.0. The standard InChI is InChI=1S/C35H50FN3O5/c1-24-30(34(40)41)32-33(39(24)23-43-18-14-12-10-8-6-7-9-11-13-17-35(2,3)4)31(37-22-38-32)26-19-27(36)29(42-5)20-28(26)44-21-25-15-16-25/h19-20,22,25H,6-18,21,23H2,1-5H3,(H,40,41). The van der Waals surface area contributed by atoms with Gasteiger partial charge in [-0.15, -0.1) is 0 Å². The van der Waals surface area contributed by atoms with Gasteiger partial charge in [0.25, 0.3) is 0 Å². The Bertz CT molecular complexity index is 1390. The first kappa shape index (κ1) is 33.7. The number of rotatable bonds is 19. The molecule has 0 saturated heterocycles. The molecular formula is C35H50FN3O5. The van der Waals surface area contributed by atoms with Crippen molar-refractivity contribution in [2.24, 2.45) is 11.3 Å². The SMILES string of the molecule is COc1cc(OCC2CC2)c(-c2ncnc3c(C(=O)O)c(C)n(COCCCCCCCCCCCC(C)(C)C)c23)cc1F. The third-order valence-electron chi connectivity index (χ3n) is 8.43. The summed E-state index contributed by atoms with van der Waals surface area (Å²) >= 11 is 0. The van der Waals surface area contributed by atoms with Gasteiger partial charge in [-0.2, -0.15) is 0 Å². The molecule has 1 N–H and O–H groups in total. The van der Waals surface area contributed by atoms with Crippen LogP contribution in [0.5, 0.6) is 11.5 Å². The van der Waals surface area contributed by atoms with Crippen molar-refractivity contribution in [3.05, 3.63) is 35.5 Å². The summed E-state index contributed by atoms with van der Waals surface area (Å²) < 4.78 is 34.2. The first-order valence-electron chi connectivity index (χ1n) is 16.3. The number of carboxylic acid groups (broad SMARTS) is 1. The van der Waals surface area contributed by atoms with Gasteiger partial charge in [-0.05, 0) is 50.0 Å². The molecule has 1 saturated carbocycles. The summed E-state index contributed by atoms with van der Waals surface area (Å²) in [6, 6.07) is 2.87. The van der Waals surface area contributed by atoms with E-state index in [2.05, 4.69) is 30.7 Å². The second kappa shape index (κ2) is 15.7. The minimum absolute atomic E-state index is 0.0714. The van der Waals surface area contributed by atoms with Gasteiger partial charge in [0.2, 0.25) is 0 Å². The molecule has 1 fully saturated rings. The van der Waals surface area contributed by atoms with Gasteiger partial charge in [0.1, 0.15) is 35.6 Å². The van der Waals surface area contributed by atoms with Gasteiger partial charge >= 0.3 is 5.97 Å². The number of aromatic carboxylic acids is 1. The molecule has 4 rings (SSSR count). The molecule has 9 heteroatoms. The van der Waals surface area contributed by atoms with E-state index in [-0.39, 0.29) is 23.6 Å². The quantitative estimate of drug-likeness (QED) is 0.135. The van der Waals surface area contributed by atoms with Crippen molar-refractivity contribution in [1.82, 2.24) is 14.5 Å². The number of ether oxygens (including phenoxy) is 3. The number of carboxylic acids is 1. The number of nitrogens with zero attached hydrogens (tertiary/aromatic N) is 3. The summed E-state index contributed by atoms with van der Waals surface area (Å²) in [6.07, 6.45) is 15.8. The molecule has 0 aliphatic heterocycles. The predicted molar refractivity (Wildman–Crippen MR) is 171 cm³/mol. The third-order valence-corrected chi connectivity index (χ3v) is 8.43. The van der Waals surface area contributed by atoms with E-state index >= 15 is 0 Å². The van der Waals surface area contributed by atoms with Crippen LogP contribution in [0.2, 0.25) is 0 Å². The molecule has 0 bridgehead atoms. The summed E-state index contributed by atoms with van der Waals surface area (Å²) in [4.78, 5) is 21.1. The molecule has 1 aromatic carbocycles. The first-order chi connectivity index (χ1) is 21.1. The van der Waals surface area contributed by atoms with Crippen LogP contribution in [0.3, 0.4) is 0 Å². The number of hydrogen-bond donors (Lipinski definition) is 1. The van der Waals surface area contributed by atoms with Crippen LogP contribution in [0, 0.1) is 24.1 Å². The van der Waals surface area contributed by atoms with Crippen LogP contribution in [0.1, 0.15) is 114 Å². The largest absolute Gasteiger partial charge is 0.494 e. The van der Waals surface area contributed by atoms with E-state index in [9.17, 15) is 14.3 Å². The highest BCUT2D eigenvalue weighted by atomic mass is 19.1. The molecule has 1 aliphatic rings. The highest BCUT2D eigenvalue weighted by Gasteiger charge is 2.27. The van der Waals surface area contributed by atoms with Gasteiger partial charge in [-0.3, -0.25) is 0 Å². The summed E-state index contributed by atoms with van der Waals surface area (Å²) in [5.74, 6) is -0.662. The van der Waals surface area contributed by atoms with E-state index in [0.717, 1.165) is 25.7 Å². The maximum absolute atomic E-state index is 15.0. The number of carbonyl (C=O) groups is 1. The van der Waals surface area contributed by atoms with Crippen LogP contribution < -0.4 is 9.47 Å². The Morgan fingerprint density at radius 2 is 1.66 bits per heavy atom. The smallest absolute Gasteiger partial charge is 0.339 e. The van der Waals surface area contributed by atoms with Gasteiger partial charge in [0.15, 0.2) is 11.6 Å². The third kappa shape index (κ3) is 9.16. The minimum Gasteiger partial charge on any atom is -0.494 e. The fourth-order valence-corrected chi connectivity index (χ4v) is 5.65. The number of methoxy groups -OCH3 is 1. The second-order valence-corrected chi connectivity index (χ2v) is 13.4. The lowest BCUT2D eigenvalue weighted by atomic mass is 9.89. The van der Waals surface area contributed by atoms with Crippen molar-refractivity contribution >= 4 is 17.0 Å². The summed E-state index contributed by atoms with van der Waals surface area (Å²) in [7, 11) is 1.41. The fourth-order valence-electron chi connectivity index (χ4n) is 5.65. The fraction of sp³-hybridized carbons (Fsp3) is 0.629. The van der Waals surface area contributed by atoms with Crippen LogP contribution in [0.25, 0.3) is 22.3 Å². The van der Waals surface area contributed by atoms with Gasteiger partial charge in [-0.1, -0.05) is 72.1 Å². The normalized spacial score (nSPS) is 13.5. The molecule has 1 aliphatic carbocycles. The zero-order chi connectivity index (χ0) is 31.7. The molecule has 2 heterocycles. The molecule has 242 valence electrons. The van der Waals surface area contributed by atoms with Gasteiger partial charge in [0, 0.05) is 23.9 Å². The van der Waals surface area contributed by atoms with Crippen LogP contribution in [-0.2, 0) is 11.5 Å². The van der Waals surface area contributed by atoms with Crippen molar-refractivity contribution in [1.29, 1.82) is 0 Å². The Morgan fingerprint density at radius 1 is 1.00 bits per heavy atom. The number of fused-ring (bicyclic) bond motifs is 1. The number of hydrogen-bond acceptors (Lipinski definition) is 6. The predicted octanol–water partition coefficient (Wildman–Crippen LogP) is 8.96. The van der Waals surface area contributed by atoms with Crippen LogP contribution in [-0.4, -0.2) is 45.9 Å². The minimum atomic E-state index is -1.09. The topological polar surface area (TPSA) is 95.7 Å². The monoisotopic (exact) mass is 611 g/mol. The molecule has 0 spiro atoms. The molecule has 44 heavy (non-hydrogen) atoms. The molecule has 0 amide bonds. The molecule has 0 unspecified atom stereocenters. The zero-order valence-electron chi connectivity index (χ0n) is 27.2. The molecule has 3 aromatic rings. The van der Waals surface area contributed by atoms with E-state index in [1.54, 1.807) is 11.5 Å². The Hall–Kier alpha value is -3.20. The average Bonchev–Trinajstić information content (AvgIpc) is 3.76. The lowest BCUT2D eigenvalue weighted by Crippen LogP contribution is -2.08. The molecule has 2 aromatic heterocycles. The Morgan fingerprint density at radius 3 is 2.27 bits per heavy atom. The highest BCUT2D eigenvalue weighted by molar-refractivity contribution is 6.06. The zero-order valence-corrected chi connectivity index (χ0v) is 27.2. The maximum Gasteiger partial charge on any atom is 0.339 e. The Kier molecular flexibility index (Phi) is 12.0. The van der Waals surface area contributed by atoms with Gasteiger partial charge in [0.05, 0.1) is 19.2 Å². The first-order valence-corrected chi connectivity index (χ1v) is 16.3. The van der Waals surface area contributed by atoms with Crippen molar-refractivity contribution in [3.63, 3.8) is 0 Å². The molecule has 0 radical (unpaired) electrons. The van der Waals surface area contributed by atoms with Gasteiger partial charge in [-0.25, -0.2) is 19.2 Å². The number of halogens is 1. The van der Waals surface area contributed by atoms with Crippen molar-refractivity contribution in [2.75, 3.05) is 20.3 Å². The van der Waals surface area contributed by atoms with Crippen LogP contribution in [0.15, 0.2) is 18.5 Å². The second-order valence-electron chi connectivity index (χ2n) is 13.4. The molecule has 0 atom stereocenters. The lowest BCUT2D eigenvalue weighted by Gasteiger charge is -2.17. The number of benzene rings is 1. The number of aromatic nitrogens is 3. The molecule has 8 nitrogen and oxygen atoms in total. The van der Waals surface area contributed by atoms with Crippen molar-refractivity contribution in [3.8, 4) is 22.8 Å². The van der Waals surface area contributed by atoms with E-state index < -0.39 is 11.8 Å². The molecular weight excluding hydrogens is 561 g/mol. The highest BCUT2D eigenvalue weighted by Crippen LogP contribution is 2.40.